The molecule has 106 valence electrons. The van der Waals surface area contributed by atoms with E-state index >= 15 is 0 Å². The molecule has 0 saturated carbocycles. The average molecular weight is 303 g/mol. The summed E-state index contributed by atoms with van der Waals surface area (Å²) in [6, 6.07) is 11.5. The van der Waals surface area contributed by atoms with Crippen LogP contribution in [-0.2, 0) is 16.6 Å². The standard InChI is InChI=1S/C15H10FNO3S/c16-14-6-10(8-17)4-5-12(14)9-21(20)13-3-1-2-11(7-13)15(18)19/h1-7H,9H2,(H,18,19). The Hall–Kier alpha value is -2.52. The zero-order valence-electron chi connectivity index (χ0n) is 10.7. The van der Waals surface area contributed by atoms with Gasteiger partial charge in [-0.3, -0.25) is 4.21 Å². The highest BCUT2D eigenvalue weighted by atomic mass is 32.2. The maximum atomic E-state index is 13.7. The Labute approximate surface area is 122 Å². The summed E-state index contributed by atoms with van der Waals surface area (Å²) in [6.07, 6.45) is 0. The van der Waals surface area contributed by atoms with Gasteiger partial charge in [-0.15, -0.1) is 0 Å². The lowest BCUT2D eigenvalue weighted by atomic mass is 10.1. The van der Waals surface area contributed by atoms with E-state index in [2.05, 4.69) is 0 Å². The minimum Gasteiger partial charge on any atom is -0.478 e. The first-order chi connectivity index (χ1) is 10.0. The highest BCUT2D eigenvalue weighted by Gasteiger charge is 2.12. The minimum atomic E-state index is -1.57. The van der Waals surface area contributed by atoms with Gasteiger partial charge < -0.3 is 5.11 Å². The Morgan fingerprint density at radius 3 is 2.67 bits per heavy atom. The van der Waals surface area contributed by atoms with Gasteiger partial charge >= 0.3 is 5.97 Å². The minimum absolute atomic E-state index is 0.0288. The summed E-state index contributed by atoms with van der Waals surface area (Å²) in [7, 11) is -1.57. The first-order valence-corrected chi connectivity index (χ1v) is 7.23. The lowest BCUT2D eigenvalue weighted by Gasteiger charge is -2.05. The molecule has 2 aromatic rings. The van der Waals surface area contributed by atoms with E-state index in [4.69, 9.17) is 10.4 Å². The quantitative estimate of drug-likeness (QED) is 0.942. The molecule has 0 fully saturated rings. The van der Waals surface area contributed by atoms with Crippen LogP contribution in [0.1, 0.15) is 21.5 Å². The van der Waals surface area contributed by atoms with Gasteiger partial charge in [0.05, 0.1) is 33.7 Å². The largest absolute Gasteiger partial charge is 0.478 e. The summed E-state index contributed by atoms with van der Waals surface area (Å²) < 4.78 is 25.9. The van der Waals surface area contributed by atoms with Gasteiger partial charge in [0, 0.05) is 10.5 Å². The van der Waals surface area contributed by atoms with Crippen LogP contribution in [0.2, 0.25) is 0 Å². The van der Waals surface area contributed by atoms with Crippen molar-refractivity contribution in [1.29, 1.82) is 5.26 Å². The molecule has 0 heterocycles. The van der Waals surface area contributed by atoms with Crippen LogP contribution in [0.5, 0.6) is 0 Å². The lowest BCUT2D eigenvalue weighted by Crippen LogP contribution is -2.02. The molecule has 0 saturated heterocycles. The third kappa shape index (κ3) is 3.52. The molecule has 0 amide bonds. The molecule has 0 bridgehead atoms. The van der Waals surface area contributed by atoms with Crippen molar-refractivity contribution >= 4 is 16.8 Å². The van der Waals surface area contributed by atoms with E-state index in [1.165, 1.54) is 36.4 Å². The van der Waals surface area contributed by atoms with E-state index < -0.39 is 22.6 Å². The van der Waals surface area contributed by atoms with Gasteiger partial charge in [0.15, 0.2) is 0 Å². The summed E-state index contributed by atoms with van der Waals surface area (Å²) in [5.74, 6) is -1.80. The van der Waals surface area contributed by atoms with Crippen LogP contribution in [0.15, 0.2) is 47.4 Å². The molecule has 0 aromatic heterocycles. The van der Waals surface area contributed by atoms with Crippen LogP contribution >= 0.6 is 0 Å². The van der Waals surface area contributed by atoms with Gasteiger partial charge in [-0.2, -0.15) is 5.26 Å². The number of hydrogen-bond donors (Lipinski definition) is 1. The first kappa shape index (κ1) is 14.9. The molecule has 0 aliphatic carbocycles. The van der Waals surface area contributed by atoms with E-state index in [0.717, 1.165) is 6.07 Å². The molecule has 1 atom stereocenters. The van der Waals surface area contributed by atoms with Crippen LogP contribution in [0, 0.1) is 17.1 Å². The molecule has 2 rings (SSSR count). The van der Waals surface area contributed by atoms with Crippen LogP contribution in [0.25, 0.3) is 0 Å². The number of benzene rings is 2. The van der Waals surface area contributed by atoms with Crippen molar-refractivity contribution in [2.24, 2.45) is 0 Å². The molecule has 4 nitrogen and oxygen atoms in total. The predicted octanol–water partition coefficient (Wildman–Crippen LogP) is 2.70. The average Bonchev–Trinajstić information content (AvgIpc) is 2.49. The van der Waals surface area contributed by atoms with Gasteiger partial charge in [0.1, 0.15) is 5.82 Å². The van der Waals surface area contributed by atoms with Crippen molar-refractivity contribution < 1.29 is 18.5 Å². The van der Waals surface area contributed by atoms with Crippen molar-refractivity contribution in [1.82, 2.24) is 0 Å². The molecular weight excluding hydrogens is 293 g/mol. The molecule has 0 aliphatic heterocycles. The number of halogens is 1. The van der Waals surface area contributed by atoms with Crippen molar-refractivity contribution in [2.75, 3.05) is 0 Å². The number of carboxylic acid groups (broad SMARTS) is 1. The maximum Gasteiger partial charge on any atom is 0.335 e. The third-order valence-electron chi connectivity index (χ3n) is 2.81. The summed E-state index contributed by atoms with van der Waals surface area (Å²) in [5, 5.41) is 17.6. The molecule has 0 radical (unpaired) electrons. The SMILES string of the molecule is N#Cc1ccc(CS(=O)c2cccc(C(=O)O)c2)c(F)c1. The van der Waals surface area contributed by atoms with Crippen molar-refractivity contribution in [3.05, 3.63) is 65.0 Å². The van der Waals surface area contributed by atoms with Gasteiger partial charge in [-0.1, -0.05) is 12.1 Å². The van der Waals surface area contributed by atoms with Crippen LogP contribution in [-0.4, -0.2) is 15.3 Å². The lowest BCUT2D eigenvalue weighted by molar-refractivity contribution is 0.0696. The Balaban J connectivity index is 2.24. The van der Waals surface area contributed by atoms with E-state index in [0.29, 0.717) is 4.90 Å². The number of carbonyl (C=O) groups is 1. The number of nitrogens with zero attached hydrogens (tertiary/aromatic N) is 1. The Morgan fingerprint density at radius 1 is 1.29 bits per heavy atom. The molecular formula is C15H10FNO3S. The molecule has 6 heteroatoms. The smallest absolute Gasteiger partial charge is 0.335 e. The summed E-state index contributed by atoms with van der Waals surface area (Å²) in [5.41, 5.74) is 0.434. The van der Waals surface area contributed by atoms with Crippen molar-refractivity contribution in [3.8, 4) is 6.07 Å². The van der Waals surface area contributed by atoms with E-state index in [1.54, 1.807) is 0 Å². The molecule has 21 heavy (non-hydrogen) atoms. The highest BCUT2D eigenvalue weighted by Crippen LogP contribution is 2.17. The zero-order chi connectivity index (χ0) is 15.4. The second-order valence-corrected chi connectivity index (χ2v) is 5.69. The summed E-state index contributed by atoms with van der Waals surface area (Å²) >= 11 is 0. The summed E-state index contributed by atoms with van der Waals surface area (Å²) in [6.45, 7) is 0. The number of hydrogen-bond acceptors (Lipinski definition) is 3. The predicted molar refractivity (Wildman–Crippen MR) is 74.6 cm³/mol. The van der Waals surface area contributed by atoms with Gasteiger partial charge in [0.25, 0.3) is 0 Å². The second kappa shape index (κ2) is 6.29. The van der Waals surface area contributed by atoms with Crippen molar-refractivity contribution in [3.63, 3.8) is 0 Å². The second-order valence-electron chi connectivity index (χ2n) is 4.24. The fraction of sp³-hybridized carbons (Fsp3) is 0.0667. The summed E-state index contributed by atoms with van der Waals surface area (Å²) in [4.78, 5) is 11.2. The zero-order valence-corrected chi connectivity index (χ0v) is 11.6. The molecule has 1 unspecified atom stereocenters. The Kier molecular flexibility index (Phi) is 4.45. The van der Waals surface area contributed by atoms with Crippen LogP contribution < -0.4 is 0 Å². The van der Waals surface area contributed by atoms with Gasteiger partial charge in [-0.05, 0) is 30.3 Å². The van der Waals surface area contributed by atoms with Crippen LogP contribution in [0.3, 0.4) is 0 Å². The molecule has 0 spiro atoms. The number of aromatic carboxylic acids is 1. The van der Waals surface area contributed by atoms with Gasteiger partial charge in [0.2, 0.25) is 0 Å². The fourth-order valence-corrected chi connectivity index (χ4v) is 2.90. The van der Waals surface area contributed by atoms with E-state index in [-0.39, 0.29) is 22.4 Å². The Bertz CT molecular complexity index is 768. The van der Waals surface area contributed by atoms with Gasteiger partial charge in [-0.25, -0.2) is 9.18 Å². The monoisotopic (exact) mass is 303 g/mol. The number of nitriles is 1. The van der Waals surface area contributed by atoms with Crippen molar-refractivity contribution in [2.45, 2.75) is 10.6 Å². The number of rotatable bonds is 4. The number of carboxylic acids is 1. The topological polar surface area (TPSA) is 78.2 Å². The Morgan fingerprint density at radius 2 is 2.05 bits per heavy atom. The van der Waals surface area contributed by atoms with E-state index in [1.807, 2.05) is 6.07 Å². The third-order valence-corrected chi connectivity index (χ3v) is 4.17. The first-order valence-electron chi connectivity index (χ1n) is 5.91. The molecule has 2 aromatic carbocycles. The van der Waals surface area contributed by atoms with E-state index in [9.17, 15) is 13.4 Å². The molecule has 0 aliphatic rings. The fourth-order valence-electron chi connectivity index (χ4n) is 1.73. The van der Waals surface area contributed by atoms with Crippen LogP contribution in [0.4, 0.5) is 4.39 Å². The highest BCUT2D eigenvalue weighted by molar-refractivity contribution is 7.84. The normalized spacial score (nSPS) is 11.6. The maximum absolute atomic E-state index is 13.7. The molecule has 1 N–H and O–H groups in total.